The molecule has 3 amide bonds. The number of piperazine rings is 1. The van der Waals surface area contributed by atoms with Gasteiger partial charge in [0.2, 0.25) is 0 Å². The van der Waals surface area contributed by atoms with E-state index in [-0.39, 0.29) is 5.91 Å². The monoisotopic (exact) mass is 602 g/mol. The van der Waals surface area contributed by atoms with Gasteiger partial charge in [0.15, 0.2) is 0 Å². The summed E-state index contributed by atoms with van der Waals surface area (Å²) >= 11 is 0. The van der Waals surface area contributed by atoms with Crippen LogP contribution in [-0.2, 0) is 4.74 Å². The third-order valence-electron chi connectivity index (χ3n) is 7.79. The fourth-order valence-corrected chi connectivity index (χ4v) is 5.49. The van der Waals surface area contributed by atoms with Crippen LogP contribution in [0.15, 0.2) is 66.7 Å². The average molecular weight is 603 g/mol. The normalized spacial score (nSPS) is 15.4. The van der Waals surface area contributed by atoms with Gasteiger partial charge in [-0.3, -0.25) is 9.69 Å². The quantitative estimate of drug-likeness (QED) is 0.301. The number of morpholine rings is 1. The van der Waals surface area contributed by atoms with Gasteiger partial charge in [0.25, 0.3) is 5.91 Å². The molecule has 0 spiro atoms. The van der Waals surface area contributed by atoms with Crippen LogP contribution < -0.4 is 35.2 Å². The molecule has 0 aromatic heterocycles. The minimum atomic E-state index is -0.397. The zero-order valence-corrected chi connectivity index (χ0v) is 25.5. The number of carbonyl (C=O) groups is 2. The fourth-order valence-electron chi connectivity index (χ4n) is 5.49. The van der Waals surface area contributed by atoms with Crippen molar-refractivity contribution in [2.75, 3.05) is 99.7 Å². The standard InChI is InChI=1S/C33H42N6O5/c1-3-44-27-11-8-25(9-12-27)35-33(41)36-26-10-13-29(28(24-26)32(40)34-14-15-37-20-22-43-23-21-37)38-16-18-39(19-17-38)30-6-4-5-7-31(30)42-2/h4-13,24H,3,14-23H2,1-2H3,(H,34,40)(H2,35,36,41). The van der Waals surface area contributed by atoms with E-state index < -0.39 is 6.03 Å². The second-order valence-corrected chi connectivity index (χ2v) is 10.6. The smallest absolute Gasteiger partial charge is 0.323 e. The first kappa shape index (κ1) is 31.0. The zero-order valence-electron chi connectivity index (χ0n) is 25.5. The number of amides is 3. The Hall–Kier alpha value is -4.48. The maximum atomic E-state index is 13.6. The molecule has 0 saturated carbocycles. The molecule has 0 aliphatic carbocycles. The van der Waals surface area contributed by atoms with Crippen molar-refractivity contribution >= 4 is 34.7 Å². The Bertz CT molecular complexity index is 1390. The van der Waals surface area contributed by atoms with Gasteiger partial charge in [0.05, 0.1) is 38.2 Å². The minimum absolute atomic E-state index is 0.170. The Labute approximate surface area is 259 Å². The molecular weight excluding hydrogens is 560 g/mol. The molecule has 3 aromatic carbocycles. The van der Waals surface area contributed by atoms with E-state index >= 15 is 0 Å². The number of urea groups is 1. The van der Waals surface area contributed by atoms with E-state index in [1.165, 1.54) is 0 Å². The van der Waals surface area contributed by atoms with Crippen LogP contribution in [0.25, 0.3) is 0 Å². The lowest BCUT2D eigenvalue weighted by molar-refractivity contribution is 0.0383. The van der Waals surface area contributed by atoms with Gasteiger partial charge in [0.1, 0.15) is 11.5 Å². The second-order valence-electron chi connectivity index (χ2n) is 10.6. The van der Waals surface area contributed by atoms with E-state index in [0.717, 1.165) is 68.7 Å². The van der Waals surface area contributed by atoms with Gasteiger partial charge in [0, 0.05) is 69.4 Å². The van der Waals surface area contributed by atoms with Gasteiger partial charge >= 0.3 is 6.03 Å². The van der Waals surface area contributed by atoms with E-state index in [1.807, 2.05) is 37.3 Å². The molecule has 11 heteroatoms. The first-order chi connectivity index (χ1) is 21.5. The van der Waals surface area contributed by atoms with Crippen LogP contribution in [0.3, 0.4) is 0 Å². The molecule has 11 nitrogen and oxygen atoms in total. The molecule has 0 radical (unpaired) electrons. The van der Waals surface area contributed by atoms with Crippen molar-refractivity contribution in [3.8, 4) is 11.5 Å². The molecule has 234 valence electrons. The molecule has 0 atom stereocenters. The van der Waals surface area contributed by atoms with Crippen molar-refractivity contribution in [3.05, 3.63) is 72.3 Å². The summed E-state index contributed by atoms with van der Waals surface area (Å²) in [5.74, 6) is 1.42. The number of rotatable bonds is 11. The second kappa shape index (κ2) is 15.3. The molecular formula is C33H42N6O5. The Morgan fingerprint density at radius 3 is 2.18 bits per heavy atom. The first-order valence-corrected chi connectivity index (χ1v) is 15.2. The third-order valence-corrected chi connectivity index (χ3v) is 7.79. The largest absolute Gasteiger partial charge is 0.495 e. The molecule has 2 fully saturated rings. The first-order valence-electron chi connectivity index (χ1n) is 15.2. The summed E-state index contributed by atoms with van der Waals surface area (Å²) in [6.45, 7) is 9.95. The summed E-state index contributed by atoms with van der Waals surface area (Å²) in [7, 11) is 1.69. The van der Waals surface area contributed by atoms with Crippen LogP contribution in [0.5, 0.6) is 11.5 Å². The highest BCUT2D eigenvalue weighted by molar-refractivity contribution is 6.04. The van der Waals surface area contributed by atoms with Crippen molar-refractivity contribution in [2.24, 2.45) is 0 Å². The Morgan fingerprint density at radius 1 is 0.818 bits per heavy atom. The lowest BCUT2D eigenvalue weighted by atomic mass is 10.1. The Morgan fingerprint density at radius 2 is 1.48 bits per heavy atom. The number of ether oxygens (including phenoxy) is 3. The molecule has 2 saturated heterocycles. The highest BCUT2D eigenvalue weighted by Gasteiger charge is 2.24. The molecule has 44 heavy (non-hydrogen) atoms. The average Bonchev–Trinajstić information content (AvgIpc) is 3.06. The lowest BCUT2D eigenvalue weighted by Crippen LogP contribution is -2.47. The summed E-state index contributed by atoms with van der Waals surface area (Å²) < 4.78 is 16.5. The number of benzene rings is 3. The maximum Gasteiger partial charge on any atom is 0.323 e. The molecule has 3 N–H and O–H groups in total. The van der Waals surface area contributed by atoms with Crippen molar-refractivity contribution in [3.63, 3.8) is 0 Å². The summed E-state index contributed by atoms with van der Waals surface area (Å²) in [6.07, 6.45) is 0. The summed E-state index contributed by atoms with van der Waals surface area (Å²) in [4.78, 5) is 33.2. The fraction of sp³-hybridized carbons (Fsp3) is 0.394. The van der Waals surface area contributed by atoms with Crippen molar-refractivity contribution in [2.45, 2.75) is 6.92 Å². The Kier molecular flexibility index (Phi) is 10.8. The zero-order chi connectivity index (χ0) is 30.7. The van der Waals surface area contributed by atoms with Gasteiger partial charge < -0.3 is 40.0 Å². The molecule has 3 aromatic rings. The molecule has 0 bridgehead atoms. The van der Waals surface area contributed by atoms with E-state index in [4.69, 9.17) is 14.2 Å². The van der Waals surface area contributed by atoms with Crippen LogP contribution in [-0.4, -0.2) is 96.1 Å². The molecule has 5 rings (SSSR count). The summed E-state index contributed by atoms with van der Waals surface area (Å²) in [5, 5.41) is 8.82. The van der Waals surface area contributed by atoms with Gasteiger partial charge in [-0.15, -0.1) is 0 Å². The number of nitrogens with one attached hydrogen (secondary N) is 3. The van der Waals surface area contributed by atoms with Gasteiger partial charge in [-0.05, 0) is 61.5 Å². The number of hydrogen-bond donors (Lipinski definition) is 3. The topological polar surface area (TPSA) is 108 Å². The predicted octanol–water partition coefficient (Wildman–Crippen LogP) is 4.13. The number of methoxy groups -OCH3 is 1. The molecule has 0 unspecified atom stereocenters. The highest BCUT2D eigenvalue weighted by Crippen LogP contribution is 2.31. The van der Waals surface area contributed by atoms with Crippen LogP contribution in [0.2, 0.25) is 0 Å². The number of nitrogens with zero attached hydrogens (tertiary/aromatic N) is 3. The predicted molar refractivity (Wildman–Crippen MR) is 174 cm³/mol. The number of hydrogen-bond acceptors (Lipinski definition) is 8. The van der Waals surface area contributed by atoms with Crippen LogP contribution >= 0.6 is 0 Å². The van der Waals surface area contributed by atoms with Crippen LogP contribution in [0.1, 0.15) is 17.3 Å². The van der Waals surface area contributed by atoms with Crippen molar-refractivity contribution in [1.82, 2.24) is 10.2 Å². The van der Waals surface area contributed by atoms with Gasteiger partial charge in [-0.2, -0.15) is 0 Å². The van der Waals surface area contributed by atoms with Gasteiger partial charge in [-0.25, -0.2) is 4.79 Å². The SMILES string of the molecule is CCOc1ccc(NC(=O)Nc2ccc(N3CCN(c4ccccc4OC)CC3)c(C(=O)NCCN3CCOCC3)c2)cc1. The third kappa shape index (κ3) is 8.12. The Balaban J connectivity index is 1.28. The van der Waals surface area contributed by atoms with Crippen molar-refractivity contribution < 1.29 is 23.8 Å². The molecule has 2 heterocycles. The maximum absolute atomic E-state index is 13.6. The summed E-state index contributed by atoms with van der Waals surface area (Å²) in [6, 6.07) is 20.3. The lowest BCUT2D eigenvalue weighted by Gasteiger charge is -2.38. The van der Waals surface area contributed by atoms with Crippen LogP contribution in [0, 0.1) is 0 Å². The number of para-hydroxylation sites is 2. The van der Waals surface area contributed by atoms with E-state index in [0.29, 0.717) is 43.3 Å². The summed E-state index contributed by atoms with van der Waals surface area (Å²) in [5.41, 5.74) is 3.59. The number of anilines is 4. The van der Waals surface area contributed by atoms with Gasteiger partial charge in [-0.1, -0.05) is 12.1 Å². The van der Waals surface area contributed by atoms with E-state index in [9.17, 15) is 9.59 Å². The van der Waals surface area contributed by atoms with Crippen molar-refractivity contribution in [1.29, 1.82) is 0 Å². The van der Waals surface area contributed by atoms with Crippen LogP contribution in [0.4, 0.5) is 27.5 Å². The highest BCUT2D eigenvalue weighted by atomic mass is 16.5. The molecule has 2 aliphatic heterocycles. The van der Waals surface area contributed by atoms with E-state index in [1.54, 1.807) is 37.4 Å². The minimum Gasteiger partial charge on any atom is -0.495 e. The van der Waals surface area contributed by atoms with E-state index in [2.05, 4.69) is 36.7 Å². The number of carbonyl (C=O) groups excluding carboxylic acids is 2. The molecule has 2 aliphatic rings.